The topological polar surface area (TPSA) is 69.6 Å². The lowest BCUT2D eigenvalue weighted by atomic mass is 9.90. The van der Waals surface area contributed by atoms with Crippen LogP contribution < -0.4 is 5.32 Å². The number of nitrogens with zero attached hydrogens (tertiary/aromatic N) is 1. The average Bonchev–Trinajstić information content (AvgIpc) is 2.82. The van der Waals surface area contributed by atoms with Gasteiger partial charge in [-0.1, -0.05) is 60.7 Å². The summed E-state index contributed by atoms with van der Waals surface area (Å²) in [5.74, 6) is 1.04. The Morgan fingerprint density at radius 3 is 1.58 bits per heavy atom. The van der Waals surface area contributed by atoms with Crippen LogP contribution in [0.5, 0.6) is 0 Å². The molecule has 2 saturated heterocycles. The molecule has 4 rings (SSSR count). The second kappa shape index (κ2) is 15.2. The van der Waals surface area contributed by atoms with E-state index < -0.39 is 5.97 Å². The van der Waals surface area contributed by atoms with E-state index in [0.717, 1.165) is 51.1 Å². The van der Waals surface area contributed by atoms with Crippen molar-refractivity contribution in [3.8, 4) is 0 Å². The molecule has 0 spiro atoms. The molecule has 0 saturated carbocycles. The van der Waals surface area contributed by atoms with Gasteiger partial charge in [-0.2, -0.15) is 0 Å². The Kier molecular flexibility index (Phi) is 12.3. The molecule has 2 aromatic rings. The highest BCUT2D eigenvalue weighted by Crippen LogP contribution is 2.21. The second-order valence-corrected chi connectivity index (χ2v) is 9.04. The van der Waals surface area contributed by atoms with Crippen molar-refractivity contribution in [2.75, 3.05) is 26.2 Å². The van der Waals surface area contributed by atoms with Gasteiger partial charge in [0.25, 0.3) is 5.97 Å². The van der Waals surface area contributed by atoms with Crippen molar-refractivity contribution >= 4 is 11.9 Å². The van der Waals surface area contributed by atoms with Crippen LogP contribution in [0.1, 0.15) is 50.7 Å². The number of hydrogen-bond acceptors (Lipinski definition) is 3. The molecule has 0 bridgehead atoms. The highest BCUT2D eigenvalue weighted by Gasteiger charge is 2.20. The Labute approximate surface area is 199 Å². The zero-order chi connectivity index (χ0) is 23.9. The van der Waals surface area contributed by atoms with Crippen LogP contribution in [0.3, 0.4) is 0 Å². The van der Waals surface area contributed by atoms with E-state index in [4.69, 9.17) is 9.90 Å². The first-order valence-corrected chi connectivity index (χ1v) is 12.2. The number of carboxylic acid groups (broad SMARTS) is 1. The molecule has 0 unspecified atom stereocenters. The van der Waals surface area contributed by atoms with Gasteiger partial charge in [0, 0.05) is 26.9 Å². The van der Waals surface area contributed by atoms with Gasteiger partial charge < -0.3 is 15.3 Å². The van der Waals surface area contributed by atoms with Crippen molar-refractivity contribution in [1.29, 1.82) is 0 Å². The highest BCUT2D eigenvalue weighted by atomic mass is 16.4. The van der Waals surface area contributed by atoms with Gasteiger partial charge in [-0.15, -0.1) is 0 Å². The molecule has 180 valence electrons. The first kappa shape index (κ1) is 26.6. The Morgan fingerprint density at radius 1 is 0.788 bits per heavy atom. The molecule has 5 nitrogen and oxygen atoms in total. The maximum absolute atomic E-state index is 11.2. The average molecular weight is 453 g/mol. The summed E-state index contributed by atoms with van der Waals surface area (Å²) in [6.45, 7) is 7.03. The Hall–Kier alpha value is -2.66. The quantitative estimate of drug-likeness (QED) is 0.699. The lowest BCUT2D eigenvalue weighted by molar-refractivity contribution is -0.134. The van der Waals surface area contributed by atoms with E-state index in [9.17, 15) is 4.79 Å². The molecule has 33 heavy (non-hydrogen) atoms. The van der Waals surface area contributed by atoms with Crippen molar-refractivity contribution in [2.24, 2.45) is 11.8 Å². The number of carboxylic acids is 1. The van der Waals surface area contributed by atoms with Crippen molar-refractivity contribution in [2.45, 2.75) is 52.4 Å². The lowest BCUT2D eigenvalue weighted by Gasteiger charge is -2.31. The summed E-state index contributed by atoms with van der Waals surface area (Å²) in [5.41, 5.74) is 2.91. The van der Waals surface area contributed by atoms with E-state index in [1.807, 2.05) is 4.90 Å². The molecule has 0 atom stereocenters. The third kappa shape index (κ3) is 11.7. The van der Waals surface area contributed by atoms with Crippen LogP contribution in [0.15, 0.2) is 60.7 Å². The number of carbonyl (C=O) groups is 2. The van der Waals surface area contributed by atoms with Gasteiger partial charge in [0.15, 0.2) is 0 Å². The summed E-state index contributed by atoms with van der Waals surface area (Å²) in [7, 11) is 0. The fraction of sp³-hybridized carbons (Fsp3) is 0.500. The number of rotatable bonds is 4. The van der Waals surface area contributed by atoms with Gasteiger partial charge in [-0.3, -0.25) is 9.59 Å². The molecule has 1 amide bonds. The largest absolute Gasteiger partial charge is 0.481 e. The van der Waals surface area contributed by atoms with Crippen LogP contribution in [0.4, 0.5) is 0 Å². The molecule has 2 aliphatic rings. The van der Waals surface area contributed by atoms with Crippen LogP contribution in [0.25, 0.3) is 0 Å². The lowest BCUT2D eigenvalue weighted by Crippen LogP contribution is -2.37. The number of piperidine rings is 2. The number of hydrogen-bond donors (Lipinski definition) is 2. The maximum atomic E-state index is 11.2. The monoisotopic (exact) mass is 452 g/mol. The van der Waals surface area contributed by atoms with Crippen LogP contribution in [-0.2, 0) is 22.4 Å². The molecular formula is C28H40N2O3. The van der Waals surface area contributed by atoms with Gasteiger partial charge >= 0.3 is 0 Å². The fourth-order valence-corrected chi connectivity index (χ4v) is 4.43. The van der Waals surface area contributed by atoms with Crippen molar-refractivity contribution in [1.82, 2.24) is 10.2 Å². The first-order chi connectivity index (χ1) is 15.9. The predicted octanol–water partition coefficient (Wildman–Crippen LogP) is 4.81. The van der Waals surface area contributed by atoms with Gasteiger partial charge in [0.05, 0.1) is 0 Å². The normalized spacial score (nSPS) is 16.6. The minimum Gasteiger partial charge on any atom is -0.481 e. The summed E-state index contributed by atoms with van der Waals surface area (Å²) in [4.78, 5) is 22.1. The zero-order valence-corrected chi connectivity index (χ0v) is 20.2. The summed E-state index contributed by atoms with van der Waals surface area (Å²) >= 11 is 0. The van der Waals surface area contributed by atoms with Crippen molar-refractivity contribution < 1.29 is 14.7 Å². The molecule has 2 heterocycles. The van der Waals surface area contributed by atoms with E-state index >= 15 is 0 Å². The SMILES string of the molecule is CC(=O)N1CCC(Cc2ccccc2)CC1.CC(=O)O.c1ccc(CC2CCNCC2)cc1. The van der Waals surface area contributed by atoms with Crippen molar-refractivity contribution in [3.05, 3.63) is 71.8 Å². The number of benzene rings is 2. The molecule has 2 fully saturated rings. The molecule has 0 aliphatic carbocycles. The molecule has 0 radical (unpaired) electrons. The smallest absolute Gasteiger partial charge is 0.300 e. The Balaban J connectivity index is 0.000000204. The van der Waals surface area contributed by atoms with E-state index in [2.05, 4.69) is 66.0 Å². The van der Waals surface area contributed by atoms with E-state index in [-0.39, 0.29) is 5.91 Å². The number of aliphatic carboxylic acids is 1. The third-order valence-corrected chi connectivity index (χ3v) is 6.25. The Bertz CT molecular complexity index is 792. The predicted molar refractivity (Wildman–Crippen MR) is 134 cm³/mol. The minimum absolute atomic E-state index is 0.221. The first-order valence-electron chi connectivity index (χ1n) is 12.2. The van der Waals surface area contributed by atoms with E-state index in [1.165, 1.54) is 43.5 Å². The summed E-state index contributed by atoms with van der Waals surface area (Å²) in [6.07, 6.45) is 7.40. The standard InChI is InChI=1S/C14H19NO.C12H17N.C2H4O2/c1-12(16)15-9-7-14(8-10-15)11-13-5-3-2-4-6-13;1-2-4-11(5-3-1)10-12-6-8-13-9-7-12;1-2(3)4/h2-6,14H,7-11H2,1H3;1-5,12-13H,6-10H2;1H3,(H,3,4). The highest BCUT2D eigenvalue weighted by molar-refractivity contribution is 5.73. The number of amides is 1. The second-order valence-electron chi connectivity index (χ2n) is 9.04. The fourth-order valence-electron chi connectivity index (χ4n) is 4.43. The number of carbonyl (C=O) groups excluding carboxylic acids is 1. The van der Waals surface area contributed by atoms with Gasteiger partial charge in [0.2, 0.25) is 5.91 Å². The van der Waals surface area contributed by atoms with Crippen LogP contribution >= 0.6 is 0 Å². The van der Waals surface area contributed by atoms with Crippen molar-refractivity contribution in [3.63, 3.8) is 0 Å². The molecule has 5 heteroatoms. The number of likely N-dealkylation sites (tertiary alicyclic amines) is 1. The number of nitrogens with one attached hydrogen (secondary N) is 1. The van der Waals surface area contributed by atoms with Crippen LogP contribution in [0.2, 0.25) is 0 Å². The van der Waals surface area contributed by atoms with Gasteiger partial charge in [0.1, 0.15) is 0 Å². The van der Waals surface area contributed by atoms with Crippen LogP contribution in [-0.4, -0.2) is 48.1 Å². The Morgan fingerprint density at radius 2 is 1.18 bits per heavy atom. The molecule has 2 aromatic carbocycles. The third-order valence-electron chi connectivity index (χ3n) is 6.25. The molecule has 0 aromatic heterocycles. The maximum Gasteiger partial charge on any atom is 0.300 e. The van der Waals surface area contributed by atoms with Gasteiger partial charge in [-0.05, 0) is 74.6 Å². The summed E-state index contributed by atoms with van der Waals surface area (Å²) < 4.78 is 0. The molecule has 2 N–H and O–H groups in total. The van der Waals surface area contributed by atoms with E-state index in [1.54, 1.807) is 6.92 Å². The minimum atomic E-state index is -0.833. The molecule has 2 aliphatic heterocycles. The summed E-state index contributed by atoms with van der Waals surface area (Å²) in [5, 5.41) is 10.8. The van der Waals surface area contributed by atoms with E-state index in [0.29, 0.717) is 0 Å². The summed E-state index contributed by atoms with van der Waals surface area (Å²) in [6, 6.07) is 21.5. The molecular weight excluding hydrogens is 412 g/mol. The van der Waals surface area contributed by atoms with Crippen LogP contribution in [0, 0.1) is 11.8 Å². The van der Waals surface area contributed by atoms with Gasteiger partial charge in [-0.25, -0.2) is 0 Å². The zero-order valence-electron chi connectivity index (χ0n) is 20.2.